The minimum absolute atomic E-state index is 0.0781. The van der Waals surface area contributed by atoms with Crippen molar-refractivity contribution in [3.8, 4) is 11.5 Å². The lowest BCUT2D eigenvalue weighted by atomic mass is 10.2. The molecule has 0 bridgehead atoms. The van der Waals surface area contributed by atoms with Gasteiger partial charge in [-0.2, -0.15) is 4.31 Å². The van der Waals surface area contributed by atoms with Crippen LogP contribution in [-0.4, -0.2) is 63.7 Å². The highest BCUT2D eigenvalue weighted by Crippen LogP contribution is 2.30. The van der Waals surface area contributed by atoms with Crippen LogP contribution in [0.15, 0.2) is 35.4 Å². The number of sulfonamides is 1. The Kier molecular flexibility index (Phi) is 5.92. The van der Waals surface area contributed by atoms with Gasteiger partial charge in [0.1, 0.15) is 10.6 Å². The number of amides is 1. The Balaban J connectivity index is 1.82. The van der Waals surface area contributed by atoms with Gasteiger partial charge in [-0.25, -0.2) is 8.42 Å². The van der Waals surface area contributed by atoms with Crippen LogP contribution in [0.5, 0.6) is 11.5 Å². The SMILES string of the molecule is COc1ccc(NC(=O)c2cc(S(=O)(=O)N3CCOCC3)cn2C)cc1OC. The predicted molar refractivity (Wildman–Crippen MR) is 102 cm³/mol. The topological polar surface area (TPSA) is 99.1 Å². The van der Waals surface area contributed by atoms with Crippen molar-refractivity contribution in [3.05, 3.63) is 36.2 Å². The standard InChI is InChI=1S/C18H23N3O6S/c1-20-12-14(28(23,24)21-6-8-27-9-7-21)11-15(20)18(22)19-13-4-5-16(25-2)17(10-13)26-3/h4-5,10-12H,6-9H2,1-3H3,(H,19,22). The van der Waals surface area contributed by atoms with Crippen molar-refractivity contribution in [2.45, 2.75) is 4.90 Å². The fourth-order valence-corrected chi connectivity index (χ4v) is 4.43. The number of hydrogen-bond donors (Lipinski definition) is 1. The van der Waals surface area contributed by atoms with Gasteiger partial charge in [-0.1, -0.05) is 0 Å². The van der Waals surface area contributed by atoms with E-state index < -0.39 is 15.9 Å². The Morgan fingerprint density at radius 3 is 2.43 bits per heavy atom. The molecular weight excluding hydrogens is 386 g/mol. The number of rotatable bonds is 6. The molecule has 1 aromatic carbocycles. The molecule has 10 heteroatoms. The number of morpholine rings is 1. The molecule has 0 radical (unpaired) electrons. The molecule has 1 aliphatic heterocycles. The van der Waals surface area contributed by atoms with Gasteiger partial charge in [0.15, 0.2) is 11.5 Å². The molecule has 0 spiro atoms. The van der Waals surface area contributed by atoms with E-state index >= 15 is 0 Å². The summed E-state index contributed by atoms with van der Waals surface area (Å²) in [6, 6.07) is 6.35. The normalized spacial score (nSPS) is 15.2. The number of carbonyl (C=O) groups excluding carboxylic acids is 1. The monoisotopic (exact) mass is 409 g/mol. The minimum Gasteiger partial charge on any atom is -0.493 e. The summed E-state index contributed by atoms with van der Waals surface area (Å²) in [5.41, 5.74) is 0.725. The lowest BCUT2D eigenvalue weighted by Crippen LogP contribution is -2.40. The summed E-state index contributed by atoms with van der Waals surface area (Å²) < 4.78 is 44.0. The van der Waals surface area contributed by atoms with E-state index in [1.54, 1.807) is 25.2 Å². The van der Waals surface area contributed by atoms with Gasteiger partial charge in [-0.15, -0.1) is 0 Å². The maximum Gasteiger partial charge on any atom is 0.272 e. The van der Waals surface area contributed by atoms with E-state index in [0.717, 1.165) is 0 Å². The molecule has 1 fully saturated rings. The second-order valence-electron chi connectivity index (χ2n) is 6.21. The fraction of sp³-hybridized carbons (Fsp3) is 0.389. The lowest BCUT2D eigenvalue weighted by molar-refractivity contribution is 0.0730. The van der Waals surface area contributed by atoms with E-state index in [9.17, 15) is 13.2 Å². The number of nitrogens with one attached hydrogen (secondary N) is 1. The van der Waals surface area contributed by atoms with Gasteiger partial charge in [-0.05, 0) is 18.2 Å². The number of methoxy groups -OCH3 is 2. The Bertz CT molecular complexity index is 964. The van der Waals surface area contributed by atoms with Crippen LogP contribution in [0.4, 0.5) is 5.69 Å². The summed E-state index contributed by atoms with van der Waals surface area (Å²) in [6.45, 7) is 1.31. The zero-order chi connectivity index (χ0) is 20.3. The molecule has 2 aromatic rings. The Morgan fingerprint density at radius 1 is 1.11 bits per heavy atom. The van der Waals surface area contributed by atoms with Crippen LogP contribution in [0.2, 0.25) is 0 Å². The molecule has 152 valence electrons. The predicted octanol–water partition coefficient (Wildman–Crippen LogP) is 1.32. The highest BCUT2D eigenvalue weighted by atomic mass is 32.2. The van der Waals surface area contributed by atoms with Crippen LogP contribution in [0.3, 0.4) is 0 Å². The van der Waals surface area contributed by atoms with Crippen LogP contribution >= 0.6 is 0 Å². The van der Waals surface area contributed by atoms with E-state index in [4.69, 9.17) is 14.2 Å². The number of aryl methyl sites for hydroxylation is 1. The first-order chi connectivity index (χ1) is 13.4. The summed E-state index contributed by atoms with van der Waals surface area (Å²) in [4.78, 5) is 12.8. The first kappa shape index (κ1) is 20.2. The second kappa shape index (κ2) is 8.21. The maximum atomic E-state index is 12.8. The van der Waals surface area contributed by atoms with E-state index in [1.807, 2.05) is 0 Å². The van der Waals surface area contributed by atoms with Gasteiger partial charge in [0.25, 0.3) is 5.91 Å². The van der Waals surface area contributed by atoms with Crippen molar-refractivity contribution in [3.63, 3.8) is 0 Å². The number of anilines is 1. The molecule has 0 saturated carbocycles. The molecule has 1 N–H and O–H groups in total. The van der Waals surface area contributed by atoms with Crippen LogP contribution in [0.1, 0.15) is 10.5 Å². The molecule has 3 rings (SSSR count). The number of hydrogen-bond acceptors (Lipinski definition) is 6. The van der Waals surface area contributed by atoms with Gasteiger partial charge in [0, 0.05) is 38.1 Å². The second-order valence-corrected chi connectivity index (χ2v) is 8.15. The molecule has 1 amide bonds. The fourth-order valence-electron chi connectivity index (χ4n) is 2.95. The maximum absolute atomic E-state index is 12.8. The van der Waals surface area contributed by atoms with E-state index in [2.05, 4.69) is 5.32 Å². The summed E-state index contributed by atoms with van der Waals surface area (Å²) in [6.07, 6.45) is 1.44. The smallest absolute Gasteiger partial charge is 0.272 e. The third-order valence-electron chi connectivity index (χ3n) is 4.46. The van der Waals surface area contributed by atoms with Crippen molar-refractivity contribution >= 4 is 21.6 Å². The quantitative estimate of drug-likeness (QED) is 0.773. The first-order valence-electron chi connectivity index (χ1n) is 8.64. The highest BCUT2D eigenvalue weighted by molar-refractivity contribution is 7.89. The summed E-state index contributed by atoms with van der Waals surface area (Å²) >= 11 is 0. The molecule has 28 heavy (non-hydrogen) atoms. The van der Waals surface area contributed by atoms with Crippen molar-refractivity contribution in [1.82, 2.24) is 8.87 Å². The van der Waals surface area contributed by atoms with Gasteiger partial charge in [0.05, 0.1) is 27.4 Å². The minimum atomic E-state index is -3.67. The molecular formula is C18H23N3O6S. The first-order valence-corrected chi connectivity index (χ1v) is 10.1. The van der Waals surface area contributed by atoms with Crippen LogP contribution in [0.25, 0.3) is 0 Å². The van der Waals surface area contributed by atoms with Crippen molar-refractivity contribution in [2.24, 2.45) is 7.05 Å². The number of aromatic nitrogens is 1. The summed E-state index contributed by atoms with van der Waals surface area (Å²) in [5.74, 6) is 0.583. The van der Waals surface area contributed by atoms with Crippen molar-refractivity contribution < 1.29 is 27.4 Å². The molecule has 1 aromatic heterocycles. The summed E-state index contributed by atoms with van der Waals surface area (Å²) in [5, 5.41) is 2.75. The average Bonchev–Trinajstić information content (AvgIpc) is 3.11. The Morgan fingerprint density at radius 2 is 1.79 bits per heavy atom. The third kappa shape index (κ3) is 3.98. The molecule has 0 atom stereocenters. The average molecular weight is 409 g/mol. The largest absolute Gasteiger partial charge is 0.493 e. The van der Waals surface area contributed by atoms with Gasteiger partial charge in [0.2, 0.25) is 10.0 Å². The van der Waals surface area contributed by atoms with E-state index in [0.29, 0.717) is 43.5 Å². The van der Waals surface area contributed by atoms with Crippen LogP contribution < -0.4 is 14.8 Å². The molecule has 1 aliphatic rings. The summed E-state index contributed by atoms with van der Waals surface area (Å²) in [7, 11) is 0.981. The number of nitrogens with zero attached hydrogens (tertiary/aromatic N) is 2. The third-order valence-corrected chi connectivity index (χ3v) is 6.33. The van der Waals surface area contributed by atoms with Crippen LogP contribution in [-0.2, 0) is 21.8 Å². The number of carbonyl (C=O) groups is 1. The van der Waals surface area contributed by atoms with Crippen LogP contribution in [0, 0.1) is 0 Å². The van der Waals surface area contributed by atoms with E-state index in [-0.39, 0.29) is 10.6 Å². The van der Waals surface area contributed by atoms with Gasteiger partial charge in [-0.3, -0.25) is 4.79 Å². The molecule has 0 aliphatic carbocycles. The number of ether oxygens (including phenoxy) is 3. The van der Waals surface area contributed by atoms with E-state index in [1.165, 1.54) is 35.4 Å². The molecule has 2 heterocycles. The molecule has 1 saturated heterocycles. The van der Waals surface area contributed by atoms with Crippen molar-refractivity contribution in [2.75, 3.05) is 45.8 Å². The Hall–Kier alpha value is -2.56. The lowest BCUT2D eigenvalue weighted by Gasteiger charge is -2.25. The van der Waals surface area contributed by atoms with Gasteiger partial charge < -0.3 is 24.1 Å². The Labute approximate surface area is 163 Å². The van der Waals surface area contributed by atoms with Gasteiger partial charge >= 0.3 is 0 Å². The highest BCUT2D eigenvalue weighted by Gasteiger charge is 2.28. The zero-order valence-electron chi connectivity index (χ0n) is 16.0. The molecule has 0 unspecified atom stereocenters. The zero-order valence-corrected chi connectivity index (χ0v) is 16.8. The number of benzene rings is 1. The molecule has 9 nitrogen and oxygen atoms in total. The van der Waals surface area contributed by atoms with Crippen molar-refractivity contribution in [1.29, 1.82) is 0 Å².